The maximum atomic E-state index is 13.6. The lowest BCUT2D eigenvalue weighted by Gasteiger charge is -2.01. The summed E-state index contributed by atoms with van der Waals surface area (Å²) < 4.78 is 16.6. The van der Waals surface area contributed by atoms with Crippen LogP contribution in [0.4, 0.5) is 4.39 Å². The van der Waals surface area contributed by atoms with Crippen molar-refractivity contribution in [2.45, 2.75) is 20.0 Å². The normalized spacial score (nSPS) is 10.4. The van der Waals surface area contributed by atoms with Gasteiger partial charge < -0.3 is 5.32 Å². The first kappa shape index (κ1) is 14.7. The van der Waals surface area contributed by atoms with Crippen LogP contribution < -0.4 is 5.32 Å². The van der Waals surface area contributed by atoms with E-state index in [4.69, 9.17) is 0 Å². The summed E-state index contributed by atoms with van der Waals surface area (Å²) in [6, 6.07) is 1.93. The monoisotopic (exact) mass is 273 g/mol. The summed E-state index contributed by atoms with van der Waals surface area (Å²) in [5.74, 6) is -0.281. The van der Waals surface area contributed by atoms with E-state index in [9.17, 15) is 4.39 Å². The van der Waals surface area contributed by atoms with Gasteiger partial charge in [-0.05, 0) is 13.0 Å². The van der Waals surface area contributed by atoms with Gasteiger partial charge in [-0.15, -0.1) is 12.4 Å². The molecule has 0 radical (unpaired) electrons. The van der Waals surface area contributed by atoms with Crippen LogP contribution in [-0.2, 0) is 27.2 Å². The quantitative estimate of drug-likeness (QED) is 0.914. The van der Waals surface area contributed by atoms with Crippen LogP contribution in [0.3, 0.4) is 0 Å². The van der Waals surface area contributed by atoms with E-state index >= 15 is 0 Å². The van der Waals surface area contributed by atoms with Gasteiger partial charge in [0.25, 0.3) is 0 Å². The van der Waals surface area contributed by atoms with E-state index in [1.807, 2.05) is 19.3 Å². The van der Waals surface area contributed by atoms with Gasteiger partial charge in [0.05, 0.1) is 11.4 Å². The number of nitrogens with one attached hydrogen (secondary N) is 1. The van der Waals surface area contributed by atoms with E-state index in [0.29, 0.717) is 18.7 Å². The predicted octanol–water partition coefficient (Wildman–Crippen LogP) is 1.31. The topological polar surface area (TPSA) is 47.7 Å². The molecule has 0 aliphatic carbocycles. The molecule has 5 nitrogen and oxygen atoms in total. The van der Waals surface area contributed by atoms with Crippen molar-refractivity contribution in [3.63, 3.8) is 0 Å². The standard InChI is InChI=1S/C11H16FN5.ClH/c1-8-10(11(12)17(3)14-8)7-13-6-9-4-5-16(2)15-9;/h4-5,13H,6-7H2,1-3H3;1H. The smallest absolute Gasteiger partial charge is 0.215 e. The molecule has 0 saturated carbocycles. The fourth-order valence-electron chi connectivity index (χ4n) is 1.75. The lowest BCUT2D eigenvalue weighted by Crippen LogP contribution is -2.14. The van der Waals surface area contributed by atoms with Crippen LogP contribution in [0.15, 0.2) is 12.3 Å². The molecule has 2 aromatic heterocycles. The molecule has 2 heterocycles. The summed E-state index contributed by atoms with van der Waals surface area (Å²) in [5, 5.41) is 11.4. The summed E-state index contributed by atoms with van der Waals surface area (Å²) in [4.78, 5) is 0. The molecule has 2 aromatic rings. The van der Waals surface area contributed by atoms with Gasteiger partial charge in [-0.2, -0.15) is 14.6 Å². The van der Waals surface area contributed by atoms with Crippen molar-refractivity contribution in [1.29, 1.82) is 0 Å². The SMILES string of the molecule is Cc1nn(C)c(F)c1CNCc1ccn(C)n1.Cl. The molecular formula is C11H17ClFN5. The van der Waals surface area contributed by atoms with E-state index in [0.717, 1.165) is 11.4 Å². The highest BCUT2D eigenvalue weighted by atomic mass is 35.5. The Morgan fingerprint density at radius 2 is 2.00 bits per heavy atom. The molecule has 0 spiro atoms. The molecule has 1 N–H and O–H groups in total. The highest BCUT2D eigenvalue weighted by Gasteiger charge is 2.12. The molecular weight excluding hydrogens is 257 g/mol. The number of hydrogen-bond acceptors (Lipinski definition) is 3. The number of hydrogen-bond donors (Lipinski definition) is 1. The fraction of sp³-hybridized carbons (Fsp3) is 0.455. The lowest BCUT2D eigenvalue weighted by atomic mass is 10.2. The van der Waals surface area contributed by atoms with Gasteiger partial charge in [0.1, 0.15) is 0 Å². The summed E-state index contributed by atoms with van der Waals surface area (Å²) >= 11 is 0. The van der Waals surface area contributed by atoms with E-state index in [1.165, 1.54) is 4.68 Å². The Labute approximate surface area is 111 Å². The summed E-state index contributed by atoms with van der Waals surface area (Å²) in [7, 11) is 3.47. The molecule has 100 valence electrons. The average molecular weight is 274 g/mol. The van der Waals surface area contributed by atoms with Gasteiger partial charge in [0.2, 0.25) is 5.95 Å². The molecule has 0 aliphatic heterocycles. The molecule has 2 rings (SSSR count). The minimum absolute atomic E-state index is 0. The van der Waals surface area contributed by atoms with Crippen LogP contribution >= 0.6 is 12.4 Å². The van der Waals surface area contributed by atoms with Gasteiger partial charge in [0, 0.05) is 38.9 Å². The first-order valence-corrected chi connectivity index (χ1v) is 5.45. The molecule has 0 amide bonds. The van der Waals surface area contributed by atoms with E-state index < -0.39 is 0 Å². The molecule has 0 aromatic carbocycles. The first-order valence-electron chi connectivity index (χ1n) is 5.45. The Bertz CT molecular complexity index is 519. The summed E-state index contributed by atoms with van der Waals surface area (Å²) in [6.07, 6.45) is 1.88. The fourth-order valence-corrected chi connectivity index (χ4v) is 1.75. The molecule has 0 saturated heterocycles. The van der Waals surface area contributed by atoms with Gasteiger partial charge in [-0.1, -0.05) is 0 Å². The van der Waals surface area contributed by atoms with Gasteiger partial charge in [0.15, 0.2) is 0 Å². The second-order valence-electron chi connectivity index (χ2n) is 4.06. The number of nitrogens with zero attached hydrogens (tertiary/aromatic N) is 4. The van der Waals surface area contributed by atoms with Gasteiger partial charge in [-0.25, -0.2) is 4.68 Å². The van der Waals surface area contributed by atoms with Crippen LogP contribution in [0.1, 0.15) is 17.0 Å². The van der Waals surface area contributed by atoms with Gasteiger partial charge in [-0.3, -0.25) is 4.68 Å². The van der Waals surface area contributed by atoms with Crippen LogP contribution in [0.25, 0.3) is 0 Å². The molecule has 0 fully saturated rings. The molecule has 18 heavy (non-hydrogen) atoms. The zero-order valence-electron chi connectivity index (χ0n) is 10.6. The van der Waals surface area contributed by atoms with Gasteiger partial charge >= 0.3 is 0 Å². The third-order valence-electron chi connectivity index (χ3n) is 2.65. The molecule has 0 bridgehead atoms. The first-order chi connectivity index (χ1) is 8.08. The van der Waals surface area contributed by atoms with Crippen molar-refractivity contribution >= 4 is 12.4 Å². The van der Waals surface area contributed by atoms with Crippen LogP contribution in [0.5, 0.6) is 0 Å². The second kappa shape index (κ2) is 5.97. The Balaban J connectivity index is 0.00000162. The Morgan fingerprint density at radius 1 is 1.28 bits per heavy atom. The van der Waals surface area contributed by atoms with Crippen LogP contribution in [0.2, 0.25) is 0 Å². The minimum Gasteiger partial charge on any atom is -0.307 e. The average Bonchev–Trinajstić information content (AvgIpc) is 2.78. The minimum atomic E-state index is -0.281. The number of rotatable bonds is 4. The Morgan fingerprint density at radius 3 is 2.50 bits per heavy atom. The van der Waals surface area contributed by atoms with Crippen LogP contribution in [0, 0.1) is 12.9 Å². The highest BCUT2D eigenvalue weighted by Crippen LogP contribution is 2.10. The highest BCUT2D eigenvalue weighted by molar-refractivity contribution is 5.85. The Kier molecular flexibility index (Phi) is 4.86. The maximum absolute atomic E-state index is 13.6. The van der Waals surface area contributed by atoms with Crippen molar-refractivity contribution in [3.05, 3.63) is 35.2 Å². The van der Waals surface area contributed by atoms with Crippen molar-refractivity contribution in [2.24, 2.45) is 14.1 Å². The molecule has 0 unspecified atom stereocenters. The summed E-state index contributed by atoms with van der Waals surface area (Å²) in [5.41, 5.74) is 2.27. The number of aromatic nitrogens is 4. The van der Waals surface area contributed by atoms with Crippen molar-refractivity contribution < 1.29 is 4.39 Å². The number of aryl methyl sites for hydroxylation is 3. The van der Waals surface area contributed by atoms with E-state index in [2.05, 4.69) is 15.5 Å². The van der Waals surface area contributed by atoms with Crippen molar-refractivity contribution in [1.82, 2.24) is 24.9 Å². The third-order valence-corrected chi connectivity index (χ3v) is 2.65. The molecule has 0 aliphatic rings. The third kappa shape index (κ3) is 3.08. The second-order valence-corrected chi connectivity index (χ2v) is 4.06. The number of halogens is 2. The van der Waals surface area contributed by atoms with Crippen molar-refractivity contribution in [2.75, 3.05) is 0 Å². The molecule has 0 atom stereocenters. The van der Waals surface area contributed by atoms with Crippen LogP contribution in [-0.4, -0.2) is 19.6 Å². The van der Waals surface area contributed by atoms with E-state index in [1.54, 1.807) is 18.7 Å². The largest absolute Gasteiger partial charge is 0.307 e. The zero-order valence-corrected chi connectivity index (χ0v) is 11.5. The molecule has 7 heteroatoms. The van der Waals surface area contributed by atoms with Crippen molar-refractivity contribution in [3.8, 4) is 0 Å². The Hall–Kier alpha value is -1.40. The predicted molar refractivity (Wildman–Crippen MR) is 68.9 cm³/mol. The zero-order chi connectivity index (χ0) is 12.4. The lowest BCUT2D eigenvalue weighted by molar-refractivity contribution is 0.489. The maximum Gasteiger partial charge on any atom is 0.215 e. The van der Waals surface area contributed by atoms with E-state index in [-0.39, 0.29) is 18.4 Å². The summed E-state index contributed by atoms with van der Waals surface area (Å²) in [6.45, 7) is 2.89.